The highest BCUT2D eigenvalue weighted by molar-refractivity contribution is 6.31. The Morgan fingerprint density at radius 1 is 1.47 bits per heavy atom. The van der Waals surface area contributed by atoms with E-state index in [4.69, 9.17) is 16.3 Å². The molecule has 1 aliphatic heterocycles. The fourth-order valence-electron chi connectivity index (χ4n) is 1.77. The van der Waals surface area contributed by atoms with Gasteiger partial charge in [0.1, 0.15) is 5.60 Å². The topological polar surface area (TPSA) is 38.3 Å². The van der Waals surface area contributed by atoms with Gasteiger partial charge in [-0.25, -0.2) is 4.79 Å². The van der Waals surface area contributed by atoms with Gasteiger partial charge in [0, 0.05) is 23.6 Å². The van der Waals surface area contributed by atoms with Crippen molar-refractivity contribution in [2.75, 3.05) is 6.54 Å². The summed E-state index contributed by atoms with van der Waals surface area (Å²) < 4.78 is 5.31. The monoisotopic (exact) mass is 225 g/mol. The Hall–Kier alpha value is -1.22. The first-order valence-electron chi connectivity index (χ1n) is 4.84. The van der Waals surface area contributed by atoms with E-state index in [2.05, 4.69) is 5.32 Å². The smallest absolute Gasteiger partial charge is 0.408 e. The van der Waals surface area contributed by atoms with Crippen LogP contribution >= 0.6 is 11.6 Å². The Kier molecular flexibility index (Phi) is 2.57. The van der Waals surface area contributed by atoms with Gasteiger partial charge in [-0.2, -0.15) is 0 Å². The van der Waals surface area contributed by atoms with Crippen LogP contribution in [-0.4, -0.2) is 12.6 Å². The van der Waals surface area contributed by atoms with E-state index in [0.29, 0.717) is 11.6 Å². The van der Waals surface area contributed by atoms with Crippen molar-refractivity contribution in [2.45, 2.75) is 18.9 Å². The van der Waals surface area contributed by atoms with Gasteiger partial charge in [0.2, 0.25) is 0 Å². The van der Waals surface area contributed by atoms with Gasteiger partial charge in [-0.3, -0.25) is 0 Å². The Balaban J connectivity index is 2.36. The van der Waals surface area contributed by atoms with Crippen LogP contribution < -0.4 is 5.32 Å². The molecule has 0 saturated carbocycles. The molecule has 1 amide bonds. The van der Waals surface area contributed by atoms with Crippen LogP contribution in [0.5, 0.6) is 0 Å². The van der Waals surface area contributed by atoms with E-state index >= 15 is 0 Å². The summed E-state index contributed by atoms with van der Waals surface area (Å²) in [6.45, 7) is 2.49. The van der Waals surface area contributed by atoms with Gasteiger partial charge in [-0.1, -0.05) is 29.8 Å². The number of rotatable bonds is 1. The van der Waals surface area contributed by atoms with Crippen LogP contribution in [-0.2, 0) is 10.3 Å². The third-order valence-electron chi connectivity index (χ3n) is 2.63. The summed E-state index contributed by atoms with van der Waals surface area (Å²) in [6, 6.07) is 7.44. The molecule has 1 saturated heterocycles. The average molecular weight is 226 g/mol. The number of carbonyl (C=O) groups excluding carboxylic acids is 1. The van der Waals surface area contributed by atoms with E-state index in [1.807, 2.05) is 25.1 Å². The zero-order chi connectivity index (χ0) is 10.9. The van der Waals surface area contributed by atoms with Crippen molar-refractivity contribution in [3.8, 4) is 0 Å². The molecule has 3 nitrogen and oxygen atoms in total. The highest BCUT2D eigenvalue weighted by Crippen LogP contribution is 2.35. The Morgan fingerprint density at radius 2 is 2.20 bits per heavy atom. The van der Waals surface area contributed by atoms with Crippen molar-refractivity contribution in [1.29, 1.82) is 0 Å². The summed E-state index contributed by atoms with van der Waals surface area (Å²) in [5.74, 6) is 0. The SMILES string of the molecule is CC1(c2ccccc2Cl)CCNC(=O)O1. The van der Waals surface area contributed by atoms with Crippen LogP contribution in [0.15, 0.2) is 24.3 Å². The molecule has 0 aromatic heterocycles. The lowest BCUT2D eigenvalue weighted by Crippen LogP contribution is -2.43. The average Bonchev–Trinajstić information content (AvgIpc) is 2.17. The highest BCUT2D eigenvalue weighted by atomic mass is 35.5. The van der Waals surface area contributed by atoms with Crippen molar-refractivity contribution in [2.24, 2.45) is 0 Å². The fourth-order valence-corrected chi connectivity index (χ4v) is 2.11. The van der Waals surface area contributed by atoms with Crippen LogP contribution in [0.1, 0.15) is 18.9 Å². The van der Waals surface area contributed by atoms with Crippen LogP contribution in [0.25, 0.3) is 0 Å². The number of hydrogen-bond acceptors (Lipinski definition) is 2. The predicted molar refractivity (Wildman–Crippen MR) is 57.9 cm³/mol. The second-order valence-corrected chi connectivity index (χ2v) is 4.18. The summed E-state index contributed by atoms with van der Waals surface area (Å²) in [5, 5.41) is 3.26. The maximum atomic E-state index is 11.2. The van der Waals surface area contributed by atoms with Crippen molar-refractivity contribution in [1.82, 2.24) is 5.32 Å². The molecule has 1 fully saturated rings. The van der Waals surface area contributed by atoms with E-state index < -0.39 is 5.60 Å². The molecule has 2 rings (SSSR count). The number of hydrogen-bond donors (Lipinski definition) is 1. The van der Waals surface area contributed by atoms with Gasteiger partial charge < -0.3 is 10.1 Å². The lowest BCUT2D eigenvalue weighted by molar-refractivity contribution is -0.00265. The third kappa shape index (κ3) is 1.92. The van der Waals surface area contributed by atoms with E-state index in [1.165, 1.54) is 0 Å². The first kappa shape index (κ1) is 10.3. The number of halogens is 1. The third-order valence-corrected chi connectivity index (χ3v) is 2.96. The Bertz CT molecular complexity index is 394. The van der Waals surface area contributed by atoms with E-state index in [9.17, 15) is 4.79 Å². The van der Waals surface area contributed by atoms with Crippen LogP contribution in [0.2, 0.25) is 5.02 Å². The lowest BCUT2D eigenvalue weighted by atomic mass is 9.91. The minimum atomic E-state index is -0.610. The zero-order valence-electron chi connectivity index (χ0n) is 8.42. The molecule has 1 aliphatic rings. The second-order valence-electron chi connectivity index (χ2n) is 3.78. The number of alkyl carbamates (subject to hydrolysis) is 1. The molecule has 80 valence electrons. The molecule has 1 heterocycles. The predicted octanol–water partition coefficient (Wildman–Crippen LogP) is 2.69. The molecule has 0 aliphatic carbocycles. The molecule has 0 spiro atoms. The molecule has 1 unspecified atom stereocenters. The first-order valence-corrected chi connectivity index (χ1v) is 5.21. The van der Waals surface area contributed by atoms with Crippen molar-refractivity contribution < 1.29 is 9.53 Å². The van der Waals surface area contributed by atoms with E-state index in [-0.39, 0.29) is 6.09 Å². The molecule has 1 aromatic rings. The van der Waals surface area contributed by atoms with Gasteiger partial charge in [0.05, 0.1) is 0 Å². The molecular weight excluding hydrogens is 214 g/mol. The summed E-state index contributed by atoms with van der Waals surface area (Å²) >= 11 is 6.08. The first-order chi connectivity index (χ1) is 7.12. The van der Waals surface area contributed by atoms with E-state index in [0.717, 1.165) is 12.0 Å². The molecular formula is C11H12ClNO2. The molecule has 1 aromatic carbocycles. The van der Waals surface area contributed by atoms with Crippen LogP contribution in [0, 0.1) is 0 Å². The summed E-state index contributed by atoms with van der Waals surface area (Å²) in [4.78, 5) is 11.2. The normalized spacial score (nSPS) is 25.6. The summed E-state index contributed by atoms with van der Waals surface area (Å²) in [7, 11) is 0. The standard InChI is InChI=1S/C11H12ClNO2/c1-11(6-7-13-10(14)15-11)8-4-2-3-5-9(8)12/h2-5H,6-7H2,1H3,(H,13,14). The van der Waals surface area contributed by atoms with Gasteiger partial charge in [-0.05, 0) is 13.0 Å². The van der Waals surface area contributed by atoms with Gasteiger partial charge in [0.15, 0.2) is 0 Å². The number of benzene rings is 1. The fraction of sp³-hybridized carbons (Fsp3) is 0.364. The lowest BCUT2D eigenvalue weighted by Gasteiger charge is -2.34. The zero-order valence-corrected chi connectivity index (χ0v) is 9.17. The minimum absolute atomic E-state index is 0.385. The van der Waals surface area contributed by atoms with Gasteiger partial charge in [-0.15, -0.1) is 0 Å². The number of nitrogens with one attached hydrogen (secondary N) is 1. The highest BCUT2D eigenvalue weighted by Gasteiger charge is 2.35. The maximum absolute atomic E-state index is 11.2. The number of amides is 1. The minimum Gasteiger partial charge on any atom is -0.438 e. The quantitative estimate of drug-likeness (QED) is 0.798. The maximum Gasteiger partial charge on any atom is 0.408 e. The molecule has 4 heteroatoms. The molecule has 15 heavy (non-hydrogen) atoms. The van der Waals surface area contributed by atoms with Gasteiger partial charge in [0.25, 0.3) is 0 Å². The van der Waals surface area contributed by atoms with Crippen molar-refractivity contribution in [3.05, 3.63) is 34.9 Å². The second kappa shape index (κ2) is 3.74. The number of carbonyl (C=O) groups is 1. The summed E-state index contributed by atoms with van der Waals surface area (Å²) in [6.07, 6.45) is 0.339. The molecule has 0 radical (unpaired) electrons. The molecule has 1 N–H and O–H groups in total. The van der Waals surface area contributed by atoms with Gasteiger partial charge >= 0.3 is 6.09 Å². The number of ether oxygens (including phenoxy) is 1. The van der Waals surface area contributed by atoms with E-state index in [1.54, 1.807) is 6.07 Å². The largest absolute Gasteiger partial charge is 0.438 e. The molecule has 0 bridgehead atoms. The van der Waals surface area contributed by atoms with Crippen molar-refractivity contribution in [3.63, 3.8) is 0 Å². The summed E-state index contributed by atoms with van der Waals surface area (Å²) in [5.41, 5.74) is 0.252. The van der Waals surface area contributed by atoms with Crippen LogP contribution in [0.3, 0.4) is 0 Å². The van der Waals surface area contributed by atoms with Crippen molar-refractivity contribution >= 4 is 17.7 Å². The Morgan fingerprint density at radius 3 is 2.87 bits per heavy atom. The molecule has 1 atom stereocenters. The Labute approximate surface area is 93.4 Å². The van der Waals surface area contributed by atoms with Crippen LogP contribution in [0.4, 0.5) is 4.79 Å². The number of cyclic esters (lactones) is 1.